The summed E-state index contributed by atoms with van der Waals surface area (Å²) in [5.74, 6) is 0. The zero-order valence-electron chi connectivity index (χ0n) is 12.8. The van der Waals surface area contributed by atoms with Gasteiger partial charge in [0.05, 0.1) is 0 Å². The molecule has 0 saturated carbocycles. The van der Waals surface area contributed by atoms with E-state index in [9.17, 15) is 0 Å². The average Bonchev–Trinajstić information content (AvgIpc) is 2.47. The monoisotopic (exact) mass is 322 g/mol. The maximum Gasteiger partial charge on any atom is 0.168 e. The first-order valence-electron chi connectivity index (χ1n) is 6.76. The second-order valence-electron chi connectivity index (χ2n) is 5.46. The van der Waals surface area contributed by atoms with E-state index in [1.165, 1.54) is 0 Å². The molecule has 2 rings (SSSR count). The van der Waals surface area contributed by atoms with Crippen molar-refractivity contribution in [2.75, 3.05) is 38.0 Å². The third-order valence-electron chi connectivity index (χ3n) is 3.49. The zero-order chi connectivity index (χ0) is 15.6. The summed E-state index contributed by atoms with van der Waals surface area (Å²) >= 11 is 13.2. The maximum absolute atomic E-state index is 6.59. The highest BCUT2D eigenvalue weighted by molar-refractivity contribution is 6.50. The van der Waals surface area contributed by atoms with Gasteiger partial charge in [-0.1, -0.05) is 47.5 Å². The molecule has 0 aliphatic heterocycles. The molecule has 0 bridgehead atoms. The molecule has 0 fully saturated rings. The summed E-state index contributed by atoms with van der Waals surface area (Å²) in [6.45, 7) is 0. The molecule has 0 heterocycles. The summed E-state index contributed by atoms with van der Waals surface area (Å²) in [7, 11) is 8.01. The molecular formula is C17H20Cl2N2. The maximum atomic E-state index is 6.59. The summed E-state index contributed by atoms with van der Waals surface area (Å²) in [6, 6.07) is 15.9. The quantitative estimate of drug-likeness (QED) is 0.765. The number of benzene rings is 2. The summed E-state index contributed by atoms with van der Waals surface area (Å²) in [4.78, 5) is 4.08. The molecule has 112 valence electrons. The van der Waals surface area contributed by atoms with Crippen molar-refractivity contribution in [2.24, 2.45) is 0 Å². The van der Waals surface area contributed by atoms with Gasteiger partial charge in [-0.05, 0) is 35.4 Å². The minimum absolute atomic E-state index is 0.869. The lowest BCUT2D eigenvalue weighted by Crippen LogP contribution is -2.14. The summed E-state index contributed by atoms with van der Waals surface area (Å²) in [6.07, 6.45) is 0. The van der Waals surface area contributed by atoms with Crippen molar-refractivity contribution in [1.82, 2.24) is 0 Å². The molecule has 0 unspecified atom stereocenters. The Morgan fingerprint density at radius 3 is 1.14 bits per heavy atom. The fourth-order valence-corrected chi connectivity index (χ4v) is 2.61. The van der Waals surface area contributed by atoms with Crippen LogP contribution in [0.25, 0.3) is 0 Å². The van der Waals surface area contributed by atoms with E-state index in [1.807, 2.05) is 86.5 Å². The first kappa shape index (κ1) is 16.0. The second-order valence-corrected chi connectivity index (χ2v) is 6.78. The fraction of sp³-hybridized carbons (Fsp3) is 0.294. The van der Waals surface area contributed by atoms with Gasteiger partial charge >= 0.3 is 0 Å². The second kappa shape index (κ2) is 6.17. The topological polar surface area (TPSA) is 6.48 Å². The standard InChI is InChI=1S/C17H20Cl2N2/c1-20(2)15-9-5-13(6-10-15)17(18,19)14-7-11-16(12-8-14)21(3)4/h5-12H,1-4H3. The Bertz CT molecular complexity index is 534. The highest BCUT2D eigenvalue weighted by Gasteiger charge is 2.29. The summed E-state index contributed by atoms with van der Waals surface area (Å²) < 4.78 is -1.05. The molecular weight excluding hydrogens is 303 g/mol. The minimum Gasteiger partial charge on any atom is -0.378 e. The highest BCUT2D eigenvalue weighted by Crippen LogP contribution is 2.41. The molecule has 4 heteroatoms. The van der Waals surface area contributed by atoms with Crippen molar-refractivity contribution < 1.29 is 0 Å². The number of rotatable bonds is 4. The van der Waals surface area contributed by atoms with Gasteiger partial charge in [0.25, 0.3) is 0 Å². The van der Waals surface area contributed by atoms with E-state index in [4.69, 9.17) is 23.2 Å². The Labute approximate surface area is 136 Å². The number of hydrogen-bond donors (Lipinski definition) is 0. The highest BCUT2D eigenvalue weighted by atomic mass is 35.5. The summed E-state index contributed by atoms with van der Waals surface area (Å²) in [5.41, 5.74) is 3.97. The van der Waals surface area contributed by atoms with Crippen LogP contribution >= 0.6 is 23.2 Å². The molecule has 0 radical (unpaired) electrons. The molecule has 0 N–H and O–H groups in total. The lowest BCUT2D eigenvalue weighted by atomic mass is 10.0. The lowest BCUT2D eigenvalue weighted by Gasteiger charge is -2.23. The van der Waals surface area contributed by atoms with Crippen LogP contribution in [0.1, 0.15) is 11.1 Å². The van der Waals surface area contributed by atoms with Crippen LogP contribution in [0.5, 0.6) is 0 Å². The Balaban J connectivity index is 2.31. The van der Waals surface area contributed by atoms with Crippen molar-refractivity contribution in [2.45, 2.75) is 4.33 Å². The zero-order valence-corrected chi connectivity index (χ0v) is 14.3. The molecule has 0 aliphatic carbocycles. The Hall–Kier alpha value is -1.38. The predicted octanol–water partition coefficient (Wildman–Crippen LogP) is 4.50. The van der Waals surface area contributed by atoms with Gasteiger partial charge in [0.2, 0.25) is 0 Å². The first-order valence-corrected chi connectivity index (χ1v) is 7.51. The van der Waals surface area contributed by atoms with Crippen molar-refractivity contribution >= 4 is 34.6 Å². The first-order chi connectivity index (χ1) is 9.82. The van der Waals surface area contributed by atoms with Crippen LogP contribution in [0.4, 0.5) is 11.4 Å². The van der Waals surface area contributed by atoms with Gasteiger partial charge < -0.3 is 9.80 Å². The number of anilines is 2. The molecule has 2 aromatic carbocycles. The normalized spacial score (nSPS) is 11.3. The van der Waals surface area contributed by atoms with E-state index in [1.54, 1.807) is 0 Å². The molecule has 2 aromatic rings. The van der Waals surface area contributed by atoms with Crippen LogP contribution < -0.4 is 9.80 Å². The largest absolute Gasteiger partial charge is 0.378 e. The van der Waals surface area contributed by atoms with E-state index >= 15 is 0 Å². The van der Waals surface area contributed by atoms with Gasteiger partial charge in [-0.3, -0.25) is 0 Å². The molecule has 0 aliphatic rings. The van der Waals surface area contributed by atoms with Gasteiger partial charge in [0.1, 0.15) is 0 Å². The van der Waals surface area contributed by atoms with Gasteiger partial charge in [-0.25, -0.2) is 0 Å². The van der Waals surface area contributed by atoms with Gasteiger partial charge in [-0.2, -0.15) is 0 Å². The van der Waals surface area contributed by atoms with Crippen LogP contribution in [0.3, 0.4) is 0 Å². The number of alkyl halides is 2. The van der Waals surface area contributed by atoms with Crippen LogP contribution in [-0.4, -0.2) is 28.2 Å². The molecule has 0 amide bonds. The van der Waals surface area contributed by atoms with E-state index < -0.39 is 4.33 Å². The SMILES string of the molecule is CN(C)c1ccc(C(Cl)(Cl)c2ccc(N(C)C)cc2)cc1. The van der Waals surface area contributed by atoms with Crippen molar-refractivity contribution in [1.29, 1.82) is 0 Å². The average molecular weight is 323 g/mol. The Morgan fingerprint density at radius 2 is 0.905 bits per heavy atom. The van der Waals surface area contributed by atoms with E-state index in [2.05, 4.69) is 0 Å². The third-order valence-corrected chi connectivity index (χ3v) is 4.37. The van der Waals surface area contributed by atoms with Crippen LogP contribution in [0.2, 0.25) is 0 Å². The van der Waals surface area contributed by atoms with E-state index in [0.717, 1.165) is 22.5 Å². The molecule has 21 heavy (non-hydrogen) atoms. The smallest absolute Gasteiger partial charge is 0.168 e. The van der Waals surface area contributed by atoms with Crippen molar-refractivity contribution in [3.63, 3.8) is 0 Å². The minimum atomic E-state index is -1.05. The van der Waals surface area contributed by atoms with Crippen LogP contribution in [0, 0.1) is 0 Å². The molecule has 0 atom stereocenters. The van der Waals surface area contributed by atoms with E-state index in [0.29, 0.717) is 0 Å². The van der Waals surface area contributed by atoms with Crippen molar-refractivity contribution in [3.8, 4) is 0 Å². The molecule has 0 saturated heterocycles. The van der Waals surface area contributed by atoms with E-state index in [-0.39, 0.29) is 0 Å². The third kappa shape index (κ3) is 3.45. The van der Waals surface area contributed by atoms with Crippen molar-refractivity contribution in [3.05, 3.63) is 59.7 Å². The van der Waals surface area contributed by atoms with Crippen LogP contribution in [-0.2, 0) is 4.33 Å². The van der Waals surface area contributed by atoms with Gasteiger partial charge in [-0.15, -0.1) is 0 Å². The Morgan fingerprint density at radius 1 is 0.619 bits per heavy atom. The molecule has 0 spiro atoms. The lowest BCUT2D eigenvalue weighted by molar-refractivity contribution is 1.03. The van der Waals surface area contributed by atoms with Crippen LogP contribution in [0.15, 0.2) is 48.5 Å². The molecule has 2 nitrogen and oxygen atoms in total. The number of nitrogens with zero attached hydrogens (tertiary/aromatic N) is 2. The van der Waals surface area contributed by atoms with Gasteiger partial charge in [0, 0.05) is 39.6 Å². The van der Waals surface area contributed by atoms with Gasteiger partial charge in [0.15, 0.2) is 4.33 Å². The predicted molar refractivity (Wildman–Crippen MR) is 94.0 cm³/mol. The number of halogens is 2. The Kier molecular flexibility index (Phi) is 4.70. The molecule has 0 aromatic heterocycles. The fourth-order valence-electron chi connectivity index (χ4n) is 2.10. The summed E-state index contributed by atoms with van der Waals surface area (Å²) in [5, 5.41) is 0. The number of hydrogen-bond acceptors (Lipinski definition) is 2.